The number of phenolic OH excluding ortho intramolecular Hbond substituents is 2. The lowest BCUT2D eigenvalue weighted by Crippen LogP contribution is -2.02. The van der Waals surface area contributed by atoms with Gasteiger partial charge in [-0.05, 0) is 37.1 Å². The highest BCUT2D eigenvalue weighted by Gasteiger charge is 1.97. The van der Waals surface area contributed by atoms with E-state index in [0.717, 1.165) is 12.8 Å². The van der Waals surface area contributed by atoms with Crippen molar-refractivity contribution in [2.45, 2.75) is 12.8 Å². The molecular weight excluding hydrogens is 256 g/mol. The number of hydrogen-bond donors (Lipinski definition) is 2. The fraction of sp³-hybridized carbons (Fsp3) is 0.250. The summed E-state index contributed by atoms with van der Waals surface area (Å²) < 4.78 is 11.0. The van der Waals surface area contributed by atoms with Crippen molar-refractivity contribution in [2.24, 2.45) is 0 Å². The third kappa shape index (κ3) is 4.72. The van der Waals surface area contributed by atoms with Gasteiger partial charge in [0.25, 0.3) is 0 Å². The summed E-state index contributed by atoms with van der Waals surface area (Å²) >= 11 is 0. The van der Waals surface area contributed by atoms with Crippen molar-refractivity contribution in [3.05, 3.63) is 48.5 Å². The summed E-state index contributed by atoms with van der Waals surface area (Å²) in [4.78, 5) is 0. The van der Waals surface area contributed by atoms with Crippen molar-refractivity contribution in [3.8, 4) is 23.0 Å². The molecule has 0 atom stereocenters. The van der Waals surface area contributed by atoms with Crippen LogP contribution in [0.3, 0.4) is 0 Å². The molecule has 0 aliphatic rings. The van der Waals surface area contributed by atoms with Crippen molar-refractivity contribution < 1.29 is 19.7 Å². The molecule has 0 radical (unpaired) electrons. The van der Waals surface area contributed by atoms with Gasteiger partial charge in [0.2, 0.25) is 0 Å². The highest BCUT2D eigenvalue weighted by atomic mass is 16.5. The third-order valence-corrected chi connectivity index (χ3v) is 2.71. The molecule has 0 spiro atoms. The molecule has 20 heavy (non-hydrogen) atoms. The Morgan fingerprint density at radius 3 is 1.55 bits per heavy atom. The van der Waals surface area contributed by atoms with E-state index in [1.807, 2.05) is 12.1 Å². The van der Waals surface area contributed by atoms with Crippen molar-refractivity contribution in [1.82, 2.24) is 0 Å². The molecule has 0 fully saturated rings. The normalized spacial score (nSPS) is 10.2. The number of benzene rings is 2. The molecule has 4 heteroatoms. The minimum absolute atomic E-state index is 0.203. The number of aromatic hydroxyl groups is 2. The number of unbranched alkanes of at least 4 members (excludes halogenated alkanes) is 1. The van der Waals surface area contributed by atoms with Gasteiger partial charge in [0, 0.05) is 12.1 Å². The second-order valence-corrected chi connectivity index (χ2v) is 4.40. The lowest BCUT2D eigenvalue weighted by molar-refractivity contribution is 0.265. The summed E-state index contributed by atoms with van der Waals surface area (Å²) in [7, 11) is 0. The molecule has 0 saturated carbocycles. The Balaban J connectivity index is 1.60. The van der Waals surface area contributed by atoms with Crippen LogP contribution in [-0.2, 0) is 0 Å². The van der Waals surface area contributed by atoms with E-state index < -0.39 is 0 Å². The number of phenols is 2. The molecular formula is C16H18O4. The van der Waals surface area contributed by atoms with Gasteiger partial charge >= 0.3 is 0 Å². The average molecular weight is 274 g/mol. The summed E-state index contributed by atoms with van der Waals surface area (Å²) in [6.07, 6.45) is 1.71. The topological polar surface area (TPSA) is 58.9 Å². The largest absolute Gasteiger partial charge is 0.508 e. The first-order chi connectivity index (χ1) is 9.74. The predicted molar refractivity (Wildman–Crippen MR) is 76.4 cm³/mol. The van der Waals surface area contributed by atoms with Crippen LogP contribution in [0.1, 0.15) is 12.8 Å². The predicted octanol–water partition coefficient (Wildman–Crippen LogP) is 3.34. The Morgan fingerprint density at radius 1 is 0.700 bits per heavy atom. The highest BCUT2D eigenvalue weighted by molar-refractivity contribution is 5.32. The molecule has 2 aromatic rings. The van der Waals surface area contributed by atoms with E-state index in [9.17, 15) is 10.2 Å². The molecule has 0 unspecified atom stereocenters. The Kier molecular flexibility index (Phi) is 5.12. The van der Waals surface area contributed by atoms with E-state index in [4.69, 9.17) is 9.47 Å². The van der Waals surface area contributed by atoms with Crippen LogP contribution in [0.15, 0.2) is 48.5 Å². The summed E-state index contributed by atoms with van der Waals surface area (Å²) in [5, 5.41) is 18.6. The summed E-state index contributed by atoms with van der Waals surface area (Å²) in [6, 6.07) is 13.5. The molecule has 0 aromatic heterocycles. The molecule has 4 nitrogen and oxygen atoms in total. The Bertz CT molecular complexity index is 490. The van der Waals surface area contributed by atoms with E-state index in [-0.39, 0.29) is 11.5 Å². The zero-order valence-electron chi connectivity index (χ0n) is 11.2. The lowest BCUT2D eigenvalue weighted by Gasteiger charge is -2.08. The molecule has 106 valence electrons. The molecule has 0 bridgehead atoms. The van der Waals surface area contributed by atoms with E-state index in [2.05, 4.69) is 0 Å². The molecule has 2 N–H and O–H groups in total. The molecule has 0 saturated heterocycles. The van der Waals surface area contributed by atoms with Gasteiger partial charge in [-0.25, -0.2) is 0 Å². The fourth-order valence-electron chi connectivity index (χ4n) is 1.73. The average Bonchev–Trinajstić information content (AvgIpc) is 2.43. The van der Waals surface area contributed by atoms with Crippen LogP contribution in [-0.4, -0.2) is 23.4 Å². The summed E-state index contributed by atoms with van der Waals surface area (Å²) in [5.41, 5.74) is 0. The first kappa shape index (κ1) is 14.1. The molecule has 0 aliphatic heterocycles. The number of rotatable bonds is 7. The highest BCUT2D eigenvalue weighted by Crippen LogP contribution is 2.19. The first-order valence-electron chi connectivity index (χ1n) is 6.58. The van der Waals surface area contributed by atoms with Crippen LogP contribution in [0.2, 0.25) is 0 Å². The van der Waals surface area contributed by atoms with Crippen LogP contribution in [0.25, 0.3) is 0 Å². The number of ether oxygens (including phenoxy) is 2. The van der Waals surface area contributed by atoms with Gasteiger partial charge in [-0.15, -0.1) is 0 Å². The van der Waals surface area contributed by atoms with Crippen molar-refractivity contribution in [1.29, 1.82) is 0 Å². The van der Waals surface area contributed by atoms with Crippen molar-refractivity contribution >= 4 is 0 Å². The van der Waals surface area contributed by atoms with Gasteiger partial charge in [-0.1, -0.05) is 12.1 Å². The van der Waals surface area contributed by atoms with E-state index >= 15 is 0 Å². The minimum atomic E-state index is 0.203. The fourth-order valence-corrected chi connectivity index (χ4v) is 1.73. The lowest BCUT2D eigenvalue weighted by atomic mass is 10.3. The molecule has 2 rings (SSSR count). The third-order valence-electron chi connectivity index (χ3n) is 2.71. The first-order valence-corrected chi connectivity index (χ1v) is 6.58. The van der Waals surface area contributed by atoms with Crippen molar-refractivity contribution in [2.75, 3.05) is 13.2 Å². The monoisotopic (exact) mass is 274 g/mol. The van der Waals surface area contributed by atoms with E-state index in [0.29, 0.717) is 24.7 Å². The molecule has 0 aliphatic carbocycles. The quantitative estimate of drug-likeness (QED) is 0.760. The zero-order chi connectivity index (χ0) is 14.2. The van der Waals surface area contributed by atoms with Crippen LogP contribution in [0.4, 0.5) is 0 Å². The SMILES string of the molecule is Oc1cccc(OCCCCOc2cccc(O)c2)c1. The van der Waals surface area contributed by atoms with Gasteiger partial charge in [-0.2, -0.15) is 0 Å². The maximum Gasteiger partial charge on any atom is 0.122 e. The van der Waals surface area contributed by atoms with Crippen LogP contribution in [0.5, 0.6) is 23.0 Å². The van der Waals surface area contributed by atoms with Crippen LogP contribution < -0.4 is 9.47 Å². The second kappa shape index (κ2) is 7.28. The van der Waals surface area contributed by atoms with E-state index in [1.54, 1.807) is 36.4 Å². The van der Waals surface area contributed by atoms with Gasteiger partial charge in [-0.3, -0.25) is 0 Å². The zero-order valence-corrected chi connectivity index (χ0v) is 11.2. The standard InChI is InChI=1S/C16H18O4/c17-13-5-3-7-15(11-13)19-9-1-2-10-20-16-8-4-6-14(18)12-16/h3-8,11-12,17-18H,1-2,9-10H2. The second-order valence-electron chi connectivity index (χ2n) is 4.40. The van der Waals surface area contributed by atoms with Crippen LogP contribution >= 0.6 is 0 Å². The maximum absolute atomic E-state index is 9.28. The molecule has 0 amide bonds. The minimum Gasteiger partial charge on any atom is -0.508 e. The summed E-state index contributed by atoms with van der Waals surface area (Å²) in [5.74, 6) is 1.74. The number of hydrogen-bond acceptors (Lipinski definition) is 4. The van der Waals surface area contributed by atoms with Gasteiger partial charge in [0.05, 0.1) is 13.2 Å². The van der Waals surface area contributed by atoms with Gasteiger partial charge < -0.3 is 19.7 Å². The van der Waals surface area contributed by atoms with Gasteiger partial charge in [0.15, 0.2) is 0 Å². The van der Waals surface area contributed by atoms with Crippen molar-refractivity contribution in [3.63, 3.8) is 0 Å². The maximum atomic E-state index is 9.28. The smallest absolute Gasteiger partial charge is 0.122 e. The Labute approximate surface area is 118 Å². The van der Waals surface area contributed by atoms with E-state index in [1.165, 1.54) is 0 Å². The Hall–Kier alpha value is -2.36. The molecule has 0 heterocycles. The van der Waals surface area contributed by atoms with Gasteiger partial charge in [0.1, 0.15) is 23.0 Å². The Morgan fingerprint density at radius 2 is 1.15 bits per heavy atom. The molecule has 2 aromatic carbocycles. The summed E-state index contributed by atoms with van der Waals surface area (Å²) in [6.45, 7) is 1.15. The van der Waals surface area contributed by atoms with Crippen LogP contribution in [0, 0.1) is 0 Å².